The number of phosphoric acid groups is 1. The van der Waals surface area contributed by atoms with E-state index in [1.54, 1.807) is 0 Å². The van der Waals surface area contributed by atoms with Gasteiger partial charge in [0.15, 0.2) is 6.10 Å². The van der Waals surface area contributed by atoms with Crippen molar-refractivity contribution in [3.8, 4) is 0 Å². The highest BCUT2D eigenvalue weighted by atomic mass is 31.2. The Morgan fingerprint density at radius 3 is 1.03 bits per heavy atom. The molecule has 0 aromatic heterocycles. The van der Waals surface area contributed by atoms with Crippen LogP contribution in [0.5, 0.6) is 0 Å². The quantitative estimate of drug-likeness (QED) is 0.0197. The SMILES string of the molecule is CC/C=C\C/C=C\C/C=C\C/C=C\C/C=C\CCCCCC(=O)OC(COC(=O)CCCCC/C=C\C/C=C\C/C=C\CC)COP(=O)(O)OCC(CO)OC(=O)CCCCCCCCCCCCCCCCCCCCC. The van der Waals surface area contributed by atoms with Crippen molar-refractivity contribution in [1.82, 2.24) is 0 Å². The van der Waals surface area contributed by atoms with E-state index in [1.807, 2.05) is 0 Å². The van der Waals surface area contributed by atoms with Crippen LogP contribution < -0.4 is 0 Å². The van der Waals surface area contributed by atoms with E-state index in [9.17, 15) is 28.9 Å². The van der Waals surface area contributed by atoms with Crippen molar-refractivity contribution in [3.05, 3.63) is 97.2 Å². The Morgan fingerprint density at radius 1 is 0.372 bits per heavy atom. The number of rotatable bonds is 57. The molecule has 0 radical (unpaired) electrons. The fourth-order valence-corrected chi connectivity index (χ4v) is 9.12. The molecular formula is C66H113O11P. The lowest BCUT2D eigenvalue weighted by molar-refractivity contribution is -0.161. The number of carbonyl (C=O) groups is 3. The summed E-state index contributed by atoms with van der Waals surface area (Å²) in [5.74, 6) is -1.54. The highest BCUT2D eigenvalue weighted by Gasteiger charge is 2.28. The predicted octanol–water partition coefficient (Wildman–Crippen LogP) is 18.8. The molecule has 78 heavy (non-hydrogen) atoms. The van der Waals surface area contributed by atoms with Gasteiger partial charge in [-0.15, -0.1) is 0 Å². The summed E-state index contributed by atoms with van der Waals surface area (Å²) in [4.78, 5) is 48.6. The largest absolute Gasteiger partial charge is 0.472 e. The van der Waals surface area contributed by atoms with Crippen LogP contribution >= 0.6 is 7.82 Å². The molecule has 0 fully saturated rings. The second-order valence-corrected chi connectivity index (χ2v) is 21.9. The van der Waals surface area contributed by atoms with E-state index < -0.39 is 57.8 Å². The van der Waals surface area contributed by atoms with Crippen molar-refractivity contribution in [3.63, 3.8) is 0 Å². The Labute approximate surface area is 476 Å². The summed E-state index contributed by atoms with van der Waals surface area (Å²) in [6.07, 6.45) is 70.9. The van der Waals surface area contributed by atoms with Crippen LogP contribution in [0.2, 0.25) is 0 Å². The summed E-state index contributed by atoms with van der Waals surface area (Å²) in [6, 6.07) is 0. The van der Waals surface area contributed by atoms with Gasteiger partial charge >= 0.3 is 25.7 Å². The third-order valence-corrected chi connectivity index (χ3v) is 14.0. The summed E-state index contributed by atoms with van der Waals surface area (Å²) in [6.45, 7) is 4.37. The maximum absolute atomic E-state index is 12.9. The number of aliphatic hydroxyl groups is 1. The zero-order valence-electron chi connectivity index (χ0n) is 49.6. The van der Waals surface area contributed by atoms with E-state index in [2.05, 4.69) is 118 Å². The minimum absolute atomic E-state index is 0.119. The van der Waals surface area contributed by atoms with E-state index in [1.165, 1.54) is 96.3 Å². The Morgan fingerprint density at radius 2 is 0.667 bits per heavy atom. The van der Waals surface area contributed by atoms with Gasteiger partial charge in [-0.2, -0.15) is 0 Å². The van der Waals surface area contributed by atoms with Crippen molar-refractivity contribution in [2.24, 2.45) is 0 Å². The van der Waals surface area contributed by atoms with E-state index in [4.69, 9.17) is 23.3 Å². The maximum Gasteiger partial charge on any atom is 0.472 e. The van der Waals surface area contributed by atoms with Gasteiger partial charge in [-0.25, -0.2) is 4.57 Å². The second kappa shape index (κ2) is 59.5. The average molecular weight is 1110 g/mol. The monoisotopic (exact) mass is 1110 g/mol. The lowest BCUT2D eigenvalue weighted by Gasteiger charge is -2.21. The average Bonchev–Trinajstić information content (AvgIpc) is 3.43. The number of ether oxygens (including phenoxy) is 3. The summed E-state index contributed by atoms with van der Waals surface area (Å²) >= 11 is 0. The first kappa shape index (κ1) is 74.4. The highest BCUT2D eigenvalue weighted by Crippen LogP contribution is 2.43. The minimum atomic E-state index is -4.77. The molecule has 0 aliphatic carbocycles. The second-order valence-electron chi connectivity index (χ2n) is 20.5. The van der Waals surface area contributed by atoms with Gasteiger partial charge in [0.25, 0.3) is 0 Å². The summed E-state index contributed by atoms with van der Waals surface area (Å²) in [5, 5.41) is 9.85. The van der Waals surface area contributed by atoms with Gasteiger partial charge in [-0.1, -0.05) is 246 Å². The molecule has 0 spiro atoms. The third kappa shape index (κ3) is 57.1. The van der Waals surface area contributed by atoms with Gasteiger partial charge in [0, 0.05) is 19.3 Å². The normalized spacial score (nSPS) is 14.0. The zero-order valence-corrected chi connectivity index (χ0v) is 50.5. The fourth-order valence-electron chi connectivity index (χ4n) is 8.34. The molecule has 0 saturated heterocycles. The number of allylic oxidation sites excluding steroid dienone is 16. The molecule has 0 amide bonds. The Bertz CT molecular complexity index is 1680. The van der Waals surface area contributed by atoms with Crippen LogP contribution in [0.1, 0.15) is 265 Å². The Balaban J connectivity index is 4.72. The topological polar surface area (TPSA) is 155 Å². The molecule has 0 aliphatic heterocycles. The molecule has 2 N–H and O–H groups in total. The van der Waals surface area contributed by atoms with E-state index in [-0.39, 0.29) is 25.9 Å². The molecule has 0 rings (SSSR count). The Kier molecular flexibility index (Phi) is 56.8. The molecule has 12 heteroatoms. The molecular weight excluding hydrogens is 1000 g/mol. The van der Waals surface area contributed by atoms with E-state index in [0.29, 0.717) is 19.3 Å². The Hall–Kier alpha value is -3.60. The molecule has 0 bridgehead atoms. The highest BCUT2D eigenvalue weighted by molar-refractivity contribution is 7.47. The predicted molar refractivity (Wildman–Crippen MR) is 325 cm³/mol. The minimum Gasteiger partial charge on any atom is -0.462 e. The number of hydrogen-bond donors (Lipinski definition) is 2. The van der Waals surface area contributed by atoms with Crippen molar-refractivity contribution in [2.75, 3.05) is 26.4 Å². The third-order valence-electron chi connectivity index (χ3n) is 13.0. The van der Waals surface area contributed by atoms with Crippen LogP contribution in [0, 0.1) is 0 Å². The molecule has 11 nitrogen and oxygen atoms in total. The molecule has 448 valence electrons. The summed E-state index contributed by atoms with van der Waals surface area (Å²) < 4.78 is 39.6. The number of aliphatic hydroxyl groups excluding tert-OH is 1. The van der Waals surface area contributed by atoms with Gasteiger partial charge in [0.1, 0.15) is 12.7 Å². The van der Waals surface area contributed by atoms with Crippen molar-refractivity contribution >= 4 is 25.7 Å². The van der Waals surface area contributed by atoms with Crippen molar-refractivity contribution in [1.29, 1.82) is 0 Å². The van der Waals surface area contributed by atoms with Gasteiger partial charge in [-0.3, -0.25) is 23.4 Å². The molecule has 0 aromatic carbocycles. The van der Waals surface area contributed by atoms with Crippen LogP contribution in [0.25, 0.3) is 0 Å². The standard InChI is InChI=1S/C66H113O11P/c1-4-7-10-13-16-19-22-25-27-29-31-33-35-38-41-44-47-50-53-56-65(69)76-62(58-67)60-74-78(71,72)75-61-63(59-73-64(68)55-52-49-46-43-40-37-24-21-18-15-12-9-6-3)77-66(70)57-54-51-48-45-42-39-36-34-32-30-28-26-23-20-17-14-11-8-5-2/h8-9,11-12,17-18,20-21,26,28,32,34,37,39-40,42,62-63,67H,4-7,10,13-16,19,22-25,27,29-31,33,35-36,38,41,43-61H2,1-3H3,(H,71,72)/b11-8-,12-9-,20-17-,21-18-,28-26-,34-32-,40-37-,42-39-. The molecule has 0 aromatic rings. The summed E-state index contributed by atoms with van der Waals surface area (Å²) in [7, 11) is -4.77. The molecule has 0 aliphatic rings. The number of hydrogen-bond acceptors (Lipinski definition) is 10. The zero-order chi connectivity index (χ0) is 56.9. The van der Waals surface area contributed by atoms with Crippen LogP contribution in [-0.2, 0) is 42.2 Å². The van der Waals surface area contributed by atoms with Crippen LogP contribution in [-0.4, -0.2) is 66.5 Å². The van der Waals surface area contributed by atoms with Crippen molar-refractivity contribution in [2.45, 2.75) is 277 Å². The molecule has 0 saturated carbocycles. The van der Waals surface area contributed by atoms with Crippen LogP contribution in [0.4, 0.5) is 0 Å². The number of esters is 3. The number of carbonyl (C=O) groups excluding carboxylic acids is 3. The summed E-state index contributed by atoms with van der Waals surface area (Å²) in [5.41, 5.74) is 0. The number of unbranched alkanes of at least 4 members (excludes halogenated alkanes) is 24. The van der Waals surface area contributed by atoms with Gasteiger partial charge in [0.05, 0.1) is 19.8 Å². The van der Waals surface area contributed by atoms with E-state index >= 15 is 0 Å². The van der Waals surface area contributed by atoms with Gasteiger partial charge < -0.3 is 24.2 Å². The van der Waals surface area contributed by atoms with Gasteiger partial charge in [0.2, 0.25) is 0 Å². The first-order valence-corrected chi connectivity index (χ1v) is 32.6. The molecule has 0 heterocycles. The van der Waals surface area contributed by atoms with Crippen molar-refractivity contribution < 1.29 is 52.2 Å². The van der Waals surface area contributed by atoms with Crippen LogP contribution in [0.3, 0.4) is 0 Å². The first-order chi connectivity index (χ1) is 38.2. The smallest absolute Gasteiger partial charge is 0.462 e. The number of phosphoric ester groups is 1. The first-order valence-electron chi connectivity index (χ1n) is 31.1. The van der Waals surface area contributed by atoms with E-state index in [0.717, 1.165) is 109 Å². The lowest BCUT2D eigenvalue weighted by Crippen LogP contribution is -2.30. The fraction of sp³-hybridized carbons (Fsp3) is 0.712. The molecule has 3 atom stereocenters. The van der Waals surface area contributed by atoms with Gasteiger partial charge in [-0.05, 0) is 96.3 Å². The van der Waals surface area contributed by atoms with Crippen LogP contribution in [0.15, 0.2) is 97.2 Å². The lowest BCUT2D eigenvalue weighted by atomic mass is 10.0. The molecule has 3 unspecified atom stereocenters. The maximum atomic E-state index is 12.9.